The van der Waals surface area contributed by atoms with E-state index in [-0.39, 0.29) is 17.7 Å². The fraction of sp³-hybridized carbons (Fsp3) is 0.667. The number of nitrogens with zero attached hydrogens (tertiary/aromatic N) is 3. The first-order chi connectivity index (χ1) is 15.0. The lowest BCUT2D eigenvalue weighted by atomic mass is 9.96. The van der Waals surface area contributed by atoms with Gasteiger partial charge >= 0.3 is 0 Å². The van der Waals surface area contributed by atoms with Crippen molar-refractivity contribution in [1.29, 1.82) is 0 Å². The van der Waals surface area contributed by atoms with Crippen LogP contribution in [-0.2, 0) is 4.79 Å². The molecule has 2 aliphatic rings. The minimum absolute atomic E-state index is 0.0355. The molecule has 2 amide bonds. The Bertz CT molecular complexity index is 966. The Morgan fingerprint density at radius 1 is 1.13 bits per heavy atom. The number of nitrogens with one attached hydrogen (secondary N) is 1. The molecule has 7 heteroatoms. The molecule has 1 unspecified atom stereocenters. The van der Waals surface area contributed by atoms with Crippen molar-refractivity contribution in [2.45, 2.75) is 78.1 Å². The zero-order valence-electron chi connectivity index (χ0n) is 19.0. The van der Waals surface area contributed by atoms with Crippen molar-refractivity contribution in [2.24, 2.45) is 5.92 Å². The Labute approximate surface area is 188 Å². The fourth-order valence-corrected chi connectivity index (χ4v) is 5.72. The van der Waals surface area contributed by atoms with Crippen molar-refractivity contribution >= 4 is 33.4 Å². The Kier molecular flexibility index (Phi) is 6.89. The van der Waals surface area contributed by atoms with Gasteiger partial charge < -0.3 is 10.2 Å². The summed E-state index contributed by atoms with van der Waals surface area (Å²) in [6.07, 6.45) is 8.63. The highest BCUT2D eigenvalue weighted by Gasteiger charge is 2.32. The molecule has 168 valence electrons. The van der Waals surface area contributed by atoms with E-state index >= 15 is 0 Å². The van der Waals surface area contributed by atoms with Gasteiger partial charge in [-0.2, -0.15) is 0 Å². The topological polar surface area (TPSA) is 75.2 Å². The SMILES string of the molecule is CCCCCCNC(=O)C1CCCN(C(=O)c2sc3nc(C4CC4)nc(C)c3c2C)C1. The lowest BCUT2D eigenvalue weighted by Gasteiger charge is -2.32. The van der Waals surface area contributed by atoms with Crippen molar-refractivity contribution in [3.63, 3.8) is 0 Å². The van der Waals surface area contributed by atoms with Crippen molar-refractivity contribution in [2.75, 3.05) is 19.6 Å². The van der Waals surface area contributed by atoms with Gasteiger partial charge in [0.1, 0.15) is 10.7 Å². The zero-order valence-corrected chi connectivity index (χ0v) is 19.8. The Hall–Kier alpha value is -2.02. The second-order valence-corrected chi connectivity index (χ2v) is 10.1. The molecule has 2 aromatic heterocycles. The Morgan fingerprint density at radius 3 is 2.68 bits per heavy atom. The van der Waals surface area contributed by atoms with Gasteiger partial charge in [-0.3, -0.25) is 9.59 Å². The maximum atomic E-state index is 13.4. The minimum Gasteiger partial charge on any atom is -0.356 e. The number of likely N-dealkylation sites (tertiary alicyclic amines) is 1. The largest absolute Gasteiger partial charge is 0.356 e. The van der Waals surface area contributed by atoms with Crippen LogP contribution in [0.1, 0.15) is 91.0 Å². The Morgan fingerprint density at radius 2 is 1.94 bits per heavy atom. The molecule has 31 heavy (non-hydrogen) atoms. The highest BCUT2D eigenvalue weighted by molar-refractivity contribution is 7.20. The van der Waals surface area contributed by atoms with E-state index in [1.54, 1.807) is 0 Å². The highest BCUT2D eigenvalue weighted by atomic mass is 32.1. The van der Waals surface area contributed by atoms with Crippen LogP contribution in [0.25, 0.3) is 10.2 Å². The first kappa shape index (κ1) is 22.2. The van der Waals surface area contributed by atoms with E-state index in [2.05, 4.69) is 12.2 Å². The number of hydrogen-bond acceptors (Lipinski definition) is 5. The first-order valence-corrected chi connectivity index (χ1v) is 12.7. The third kappa shape index (κ3) is 4.92. The minimum atomic E-state index is -0.110. The molecule has 0 aromatic carbocycles. The Balaban J connectivity index is 1.44. The molecule has 0 radical (unpaired) electrons. The van der Waals surface area contributed by atoms with Gasteiger partial charge in [-0.05, 0) is 51.5 Å². The van der Waals surface area contributed by atoms with Crippen molar-refractivity contribution in [3.05, 3.63) is 22.0 Å². The number of carbonyl (C=O) groups is 2. The maximum absolute atomic E-state index is 13.4. The van der Waals surface area contributed by atoms with Crippen molar-refractivity contribution in [3.8, 4) is 0 Å². The molecule has 1 aliphatic carbocycles. The first-order valence-electron chi connectivity index (χ1n) is 11.8. The third-order valence-corrected chi connectivity index (χ3v) is 7.71. The van der Waals surface area contributed by atoms with Gasteiger partial charge in [0, 0.05) is 30.9 Å². The van der Waals surface area contributed by atoms with Gasteiger partial charge in [-0.25, -0.2) is 9.97 Å². The van der Waals surface area contributed by atoms with Crippen molar-refractivity contribution in [1.82, 2.24) is 20.2 Å². The van der Waals surface area contributed by atoms with Gasteiger partial charge in [0.15, 0.2) is 0 Å². The van der Waals surface area contributed by atoms with E-state index in [0.29, 0.717) is 19.0 Å². The molecule has 4 rings (SSSR count). The summed E-state index contributed by atoms with van der Waals surface area (Å²) in [5, 5.41) is 4.11. The molecule has 1 saturated heterocycles. The molecular weight excluding hydrogens is 408 g/mol. The molecule has 3 heterocycles. The quantitative estimate of drug-likeness (QED) is 0.600. The summed E-state index contributed by atoms with van der Waals surface area (Å²) in [7, 11) is 0. The summed E-state index contributed by atoms with van der Waals surface area (Å²) in [5.41, 5.74) is 1.95. The second kappa shape index (κ2) is 9.63. The number of rotatable bonds is 8. The van der Waals surface area contributed by atoms with E-state index < -0.39 is 0 Å². The predicted octanol–water partition coefficient (Wildman–Crippen LogP) is 4.73. The molecule has 0 bridgehead atoms. The summed E-state index contributed by atoms with van der Waals surface area (Å²) in [4.78, 5) is 39.1. The molecule has 2 fully saturated rings. The van der Waals surface area contributed by atoms with E-state index in [1.807, 2.05) is 18.7 Å². The number of thiophene rings is 1. The van der Waals surface area contributed by atoms with Crippen LogP contribution in [0.4, 0.5) is 0 Å². The molecule has 2 aromatic rings. The summed E-state index contributed by atoms with van der Waals surface area (Å²) >= 11 is 1.49. The van der Waals surface area contributed by atoms with E-state index in [0.717, 1.165) is 77.2 Å². The maximum Gasteiger partial charge on any atom is 0.264 e. The third-order valence-electron chi connectivity index (χ3n) is 6.53. The van der Waals surface area contributed by atoms with Gasteiger partial charge in [-0.1, -0.05) is 26.2 Å². The lowest BCUT2D eigenvalue weighted by molar-refractivity contribution is -0.126. The van der Waals surface area contributed by atoms with Crippen LogP contribution in [0.15, 0.2) is 0 Å². The number of piperidine rings is 1. The molecule has 1 atom stereocenters. The molecule has 6 nitrogen and oxygen atoms in total. The fourth-order valence-electron chi connectivity index (χ4n) is 4.51. The monoisotopic (exact) mass is 442 g/mol. The van der Waals surface area contributed by atoms with Gasteiger partial charge in [0.25, 0.3) is 5.91 Å². The summed E-state index contributed by atoms with van der Waals surface area (Å²) in [5.74, 6) is 1.44. The van der Waals surface area contributed by atoms with E-state index in [4.69, 9.17) is 9.97 Å². The van der Waals surface area contributed by atoms with E-state index in [9.17, 15) is 9.59 Å². The van der Waals surface area contributed by atoms with Gasteiger partial charge in [-0.15, -0.1) is 11.3 Å². The zero-order chi connectivity index (χ0) is 22.0. The smallest absolute Gasteiger partial charge is 0.264 e. The molecule has 1 saturated carbocycles. The second-order valence-electron chi connectivity index (χ2n) is 9.12. The van der Waals surface area contributed by atoms with Gasteiger partial charge in [0.05, 0.1) is 16.5 Å². The van der Waals surface area contributed by atoms with Crippen LogP contribution in [0.3, 0.4) is 0 Å². The highest BCUT2D eigenvalue weighted by Crippen LogP contribution is 2.40. The van der Waals surface area contributed by atoms with Crippen LogP contribution in [0.5, 0.6) is 0 Å². The normalized spacial score (nSPS) is 19.1. The predicted molar refractivity (Wildman–Crippen MR) is 125 cm³/mol. The van der Waals surface area contributed by atoms with Crippen LogP contribution < -0.4 is 5.32 Å². The number of aromatic nitrogens is 2. The molecular formula is C24H34N4O2S. The van der Waals surface area contributed by atoms with Gasteiger partial charge in [0.2, 0.25) is 5.91 Å². The summed E-state index contributed by atoms with van der Waals surface area (Å²) < 4.78 is 0. The number of fused-ring (bicyclic) bond motifs is 1. The number of amides is 2. The average molecular weight is 443 g/mol. The molecule has 0 spiro atoms. The van der Waals surface area contributed by atoms with Crippen LogP contribution in [-0.4, -0.2) is 46.3 Å². The van der Waals surface area contributed by atoms with Crippen LogP contribution in [0, 0.1) is 19.8 Å². The lowest BCUT2D eigenvalue weighted by Crippen LogP contribution is -2.45. The number of unbranched alkanes of at least 4 members (excludes halogenated alkanes) is 3. The van der Waals surface area contributed by atoms with E-state index in [1.165, 1.54) is 24.2 Å². The molecule has 1 N–H and O–H groups in total. The standard InChI is InChI=1S/C24H34N4O2S/c1-4-5-6-7-12-25-22(29)18-9-8-13-28(14-18)24(30)20-15(2)19-16(3)26-21(17-10-11-17)27-23(19)31-20/h17-18H,4-14H2,1-3H3,(H,25,29). The summed E-state index contributed by atoms with van der Waals surface area (Å²) in [6.45, 7) is 8.16. The van der Waals surface area contributed by atoms with Crippen LogP contribution >= 0.6 is 11.3 Å². The number of aryl methyl sites for hydroxylation is 2. The number of hydrogen-bond donors (Lipinski definition) is 1. The average Bonchev–Trinajstić information content (AvgIpc) is 3.56. The van der Waals surface area contributed by atoms with Crippen molar-refractivity contribution < 1.29 is 9.59 Å². The molecule has 1 aliphatic heterocycles. The summed E-state index contributed by atoms with van der Waals surface area (Å²) in [6, 6.07) is 0. The number of carbonyl (C=O) groups excluding carboxylic acids is 2. The van der Waals surface area contributed by atoms with Crippen LogP contribution in [0.2, 0.25) is 0 Å².